The molecule has 3 rings (SSSR count). The molecule has 17 heavy (non-hydrogen) atoms. The lowest BCUT2D eigenvalue weighted by Crippen LogP contribution is -2.29. The van der Waals surface area contributed by atoms with Crippen molar-refractivity contribution >= 4 is 17.1 Å². The van der Waals surface area contributed by atoms with Crippen molar-refractivity contribution in [1.29, 1.82) is 0 Å². The van der Waals surface area contributed by atoms with Crippen LogP contribution in [0.4, 0.5) is 17.1 Å². The van der Waals surface area contributed by atoms with E-state index in [-0.39, 0.29) is 11.5 Å². The second kappa shape index (κ2) is 3.48. The maximum atomic E-state index is 9.74. The van der Waals surface area contributed by atoms with E-state index in [4.69, 9.17) is 0 Å². The highest BCUT2D eigenvalue weighted by Crippen LogP contribution is 2.36. The summed E-state index contributed by atoms with van der Waals surface area (Å²) in [4.78, 5) is 0. The minimum atomic E-state index is 0.0793. The molecule has 0 atom stereocenters. The van der Waals surface area contributed by atoms with Crippen molar-refractivity contribution in [3.05, 3.63) is 42.5 Å². The topological polar surface area (TPSA) is 67.8 Å². The van der Waals surface area contributed by atoms with Crippen molar-refractivity contribution in [2.75, 3.05) is 16.0 Å². The quantitative estimate of drug-likeness (QED) is 0.565. The number of benzene rings is 2. The third kappa shape index (κ3) is 1.57. The Kier molecular flexibility index (Phi) is 1.98. The lowest BCUT2D eigenvalue weighted by molar-refractivity contribution is 0.460. The molecule has 0 fully saturated rings. The van der Waals surface area contributed by atoms with E-state index in [2.05, 4.69) is 10.9 Å². The highest BCUT2D eigenvalue weighted by Gasteiger charge is 2.19. The van der Waals surface area contributed by atoms with Crippen LogP contribution in [0.1, 0.15) is 0 Å². The number of hydrazine groups is 2. The molecule has 0 bridgehead atoms. The molecule has 1 heterocycles. The number of nitrogens with one attached hydrogen (secondary N) is 2. The van der Waals surface area contributed by atoms with Gasteiger partial charge in [-0.05, 0) is 24.3 Å². The van der Waals surface area contributed by atoms with E-state index in [0.717, 1.165) is 11.4 Å². The summed E-state index contributed by atoms with van der Waals surface area (Å²) in [5, 5.41) is 20.7. The number of rotatable bonds is 1. The van der Waals surface area contributed by atoms with Crippen LogP contribution in [0.25, 0.3) is 0 Å². The summed E-state index contributed by atoms with van der Waals surface area (Å²) < 4.78 is 0. The maximum Gasteiger partial charge on any atom is 0.143 e. The maximum absolute atomic E-state index is 9.74. The molecule has 2 aromatic carbocycles. The SMILES string of the molecule is Oc1ccc(O)c(N2Nc3ccccc3N2)c1. The van der Waals surface area contributed by atoms with Gasteiger partial charge in [0.1, 0.15) is 17.2 Å². The molecule has 1 aliphatic heterocycles. The van der Waals surface area contributed by atoms with Gasteiger partial charge in [0.05, 0.1) is 11.4 Å². The number of phenolic OH excluding ortho intramolecular Hbond substituents is 2. The minimum absolute atomic E-state index is 0.0793. The van der Waals surface area contributed by atoms with Gasteiger partial charge in [0.2, 0.25) is 0 Å². The highest BCUT2D eigenvalue weighted by molar-refractivity contribution is 5.80. The van der Waals surface area contributed by atoms with Crippen LogP contribution in [0.15, 0.2) is 42.5 Å². The molecule has 0 aromatic heterocycles. The second-order valence-corrected chi connectivity index (χ2v) is 3.78. The smallest absolute Gasteiger partial charge is 0.143 e. The predicted molar refractivity (Wildman–Crippen MR) is 65.9 cm³/mol. The van der Waals surface area contributed by atoms with Crippen LogP contribution in [0, 0.1) is 0 Å². The zero-order chi connectivity index (χ0) is 11.8. The first-order valence-electron chi connectivity index (χ1n) is 5.18. The summed E-state index contributed by atoms with van der Waals surface area (Å²) in [5.41, 5.74) is 8.42. The van der Waals surface area contributed by atoms with Crippen LogP contribution >= 0.6 is 0 Å². The molecule has 0 radical (unpaired) electrons. The Bertz CT molecular complexity index is 546. The molecule has 2 aromatic rings. The molecule has 0 spiro atoms. The van der Waals surface area contributed by atoms with E-state index in [1.54, 1.807) is 5.12 Å². The predicted octanol–water partition coefficient (Wildman–Crippen LogP) is 2.27. The van der Waals surface area contributed by atoms with Gasteiger partial charge in [-0.15, -0.1) is 0 Å². The van der Waals surface area contributed by atoms with Gasteiger partial charge in [-0.1, -0.05) is 12.1 Å². The summed E-state index contributed by atoms with van der Waals surface area (Å²) in [6.45, 7) is 0. The highest BCUT2D eigenvalue weighted by atomic mass is 16.3. The number of hydrogen-bond acceptors (Lipinski definition) is 5. The van der Waals surface area contributed by atoms with Crippen LogP contribution in [0.3, 0.4) is 0 Å². The molecular weight excluding hydrogens is 218 g/mol. The first-order chi connectivity index (χ1) is 8.24. The lowest BCUT2D eigenvalue weighted by Gasteiger charge is -2.19. The molecule has 0 aliphatic carbocycles. The summed E-state index contributed by atoms with van der Waals surface area (Å²) in [7, 11) is 0. The van der Waals surface area contributed by atoms with Gasteiger partial charge in [0, 0.05) is 6.07 Å². The molecule has 1 aliphatic rings. The molecule has 4 N–H and O–H groups in total. The molecule has 0 saturated carbocycles. The minimum Gasteiger partial charge on any atom is -0.508 e. The number of anilines is 3. The molecule has 86 valence electrons. The lowest BCUT2D eigenvalue weighted by atomic mass is 10.3. The van der Waals surface area contributed by atoms with Crippen LogP contribution in [0.2, 0.25) is 0 Å². The summed E-state index contributed by atoms with van der Waals surface area (Å²) in [6.07, 6.45) is 0. The Labute approximate surface area is 97.9 Å². The van der Waals surface area contributed by atoms with Gasteiger partial charge in [-0.25, -0.2) is 0 Å². The molecule has 5 heteroatoms. The Morgan fingerprint density at radius 3 is 2.18 bits per heavy atom. The fraction of sp³-hybridized carbons (Fsp3) is 0. The van der Waals surface area contributed by atoms with Gasteiger partial charge >= 0.3 is 0 Å². The van der Waals surface area contributed by atoms with Gasteiger partial charge in [-0.3, -0.25) is 10.9 Å². The largest absolute Gasteiger partial charge is 0.508 e. The van der Waals surface area contributed by atoms with E-state index in [1.165, 1.54) is 18.2 Å². The second-order valence-electron chi connectivity index (χ2n) is 3.78. The fourth-order valence-electron chi connectivity index (χ4n) is 1.76. The molecule has 0 amide bonds. The third-order valence-electron chi connectivity index (χ3n) is 2.59. The van der Waals surface area contributed by atoms with Crippen LogP contribution in [0.5, 0.6) is 11.5 Å². The van der Waals surface area contributed by atoms with Gasteiger partial charge in [-0.2, -0.15) is 5.12 Å². The van der Waals surface area contributed by atoms with Crippen molar-refractivity contribution in [2.24, 2.45) is 0 Å². The molecule has 0 saturated heterocycles. The third-order valence-corrected chi connectivity index (χ3v) is 2.59. The Hall–Kier alpha value is -2.56. The van der Waals surface area contributed by atoms with Crippen molar-refractivity contribution in [2.45, 2.75) is 0 Å². The van der Waals surface area contributed by atoms with E-state index in [0.29, 0.717) is 5.69 Å². The number of nitrogens with zero attached hydrogens (tertiary/aromatic N) is 1. The summed E-state index contributed by atoms with van der Waals surface area (Å²) >= 11 is 0. The average Bonchev–Trinajstić information content (AvgIpc) is 2.75. The summed E-state index contributed by atoms with van der Waals surface area (Å²) in [6, 6.07) is 12.0. The van der Waals surface area contributed by atoms with E-state index in [9.17, 15) is 10.2 Å². The molecule has 0 unspecified atom stereocenters. The zero-order valence-corrected chi connectivity index (χ0v) is 8.88. The zero-order valence-electron chi connectivity index (χ0n) is 8.88. The van der Waals surface area contributed by atoms with E-state index < -0.39 is 0 Å². The van der Waals surface area contributed by atoms with Gasteiger partial charge in [0.25, 0.3) is 0 Å². The van der Waals surface area contributed by atoms with E-state index in [1.807, 2.05) is 24.3 Å². The van der Waals surface area contributed by atoms with Crippen molar-refractivity contribution in [3.8, 4) is 11.5 Å². The number of fused-ring (bicyclic) bond motifs is 1. The Morgan fingerprint density at radius 2 is 1.53 bits per heavy atom. The van der Waals surface area contributed by atoms with E-state index >= 15 is 0 Å². The summed E-state index contributed by atoms with van der Waals surface area (Å²) in [5.74, 6) is 0.174. The number of phenols is 2. The number of aromatic hydroxyl groups is 2. The van der Waals surface area contributed by atoms with Gasteiger partial charge in [0.15, 0.2) is 0 Å². The standard InChI is InChI=1S/C12H11N3O2/c16-8-5-6-12(17)11(7-8)15-13-9-3-1-2-4-10(9)14-15/h1-7,13-14,16-17H. The molecule has 5 nitrogen and oxygen atoms in total. The fourth-order valence-corrected chi connectivity index (χ4v) is 1.76. The first-order valence-corrected chi connectivity index (χ1v) is 5.18. The normalized spacial score (nSPS) is 12.8. The van der Waals surface area contributed by atoms with Crippen molar-refractivity contribution < 1.29 is 10.2 Å². The first kappa shape index (κ1) is 9.65. The Balaban J connectivity index is 1.96. The number of hydrogen-bond donors (Lipinski definition) is 4. The molecular formula is C12H11N3O2. The average molecular weight is 229 g/mol. The Morgan fingerprint density at radius 1 is 0.882 bits per heavy atom. The van der Waals surface area contributed by atoms with Crippen molar-refractivity contribution in [3.63, 3.8) is 0 Å². The van der Waals surface area contributed by atoms with Crippen molar-refractivity contribution in [1.82, 2.24) is 0 Å². The number of para-hydroxylation sites is 2. The van der Waals surface area contributed by atoms with Crippen LogP contribution in [-0.4, -0.2) is 10.2 Å². The van der Waals surface area contributed by atoms with Crippen LogP contribution < -0.4 is 16.0 Å². The monoisotopic (exact) mass is 229 g/mol. The van der Waals surface area contributed by atoms with Gasteiger partial charge < -0.3 is 10.2 Å². The van der Waals surface area contributed by atoms with Crippen LogP contribution in [-0.2, 0) is 0 Å².